The van der Waals surface area contributed by atoms with Gasteiger partial charge in [-0.3, -0.25) is 4.79 Å². The Labute approximate surface area is 199 Å². The van der Waals surface area contributed by atoms with Crippen LogP contribution in [0.15, 0.2) is 36.4 Å². The van der Waals surface area contributed by atoms with E-state index in [1.165, 1.54) is 15.9 Å². The number of nitrogens with one attached hydrogen (secondary N) is 1. The summed E-state index contributed by atoms with van der Waals surface area (Å²) in [5, 5.41) is 3.63. The van der Waals surface area contributed by atoms with Gasteiger partial charge in [-0.25, -0.2) is 12.7 Å². The zero-order valence-electron chi connectivity index (χ0n) is 18.2. The molecule has 0 radical (unpaired) electrons. The fraction of sp³-hybridized carbons (Fsp3) is 0.435. The van der Waals surface area contributed by atoms with E-state index in [-0.39, 0.29) is 24.1 Å². The number of halogens is 2. The lowest BCUT2D eigenvalue weighted by atomic mass is 9.99. The van der Waals surface area contributed by atoms with Crippen LogP contribution in [0.2, 0.25) is 10.0 Å². The maximum Gasteiger partial charge on any atom is 0.224 e. The van der Waals surface area contributed by atoms with Crippen molar-refractivity contribution in [1.29, 1.82) is 0 Å². The van der Waals surface area contributed by atoms with Crippen molar-refractivity contribution < 1.29 is 17.9 Å². The second kappa shape index (κ2) is 10.9. The molecule has 1 aliphatic rings. The fourth-order valence-electron chi connectivity index (χ4n) is 3.63. The molecule has 9 heteroatoms. The number of nitrogens with zero attached hydrogens (tertiary/aromatic N) is 1. The number of aryl methyl sites for hydroxylation is 2. The number of carbonyl (C=O) groups excluding carboxylic acids is 1. The molecule has 1 saturated heterocycles. The van der Waals surface area contributed by atoms with E-state index in [0.29, 0.717) is 48.1 Å². The highest BCUT2D eigenvalue weighted by Crippen LogP contribution is 2.26. The van der Waals surface area contributed by atoms with Gasteiger partial charge in [0.15, 0.2) is 0 Å². The van der Waals surface area contributed by atoms with Gasteiger partial charge in [0.2, 0.25) is 15.9 Å². The first-order valence-corrected chi connectivity index (χ1v) is 12.9. The van der Waals surface area contributed by atoms with Crippen LogP contribution < -0.4 is 10.1 Å². The summed E-state index contributed by atoms with van der Waals surface area (Å²) in [7, 11) is -3.61. The Morgan fingerprint density at radius 2 is 1.94 bits per heavy atom. The van der Waals surface area contributed by atoms with Crippen molar-refractivity contribution in [3.63, 3.8) is 0 Å². The maximum absolute atomic E-state index is 12.9. The van der Waals surface area contributed by atoms with Gasteiger partial charge in [0.1, 0.15) is 12.4 Å². The average molecular weight is 499 g/mol. The number of benzene rings is 2. The van der Waals surface area contributed by atoms with E-state index >= 15 is 0 Å². The molecule has 2 aromatic rings. The summed E-state index contributed by atoms with van der Waals surface area (Å²) in [4.78, 5) is 12.6. The van der Waals surface area contributed by atoms with Crippen LogP contribution in [-0.2, 0) is 20.6 Å². The standard InChI is InChI=1S/C23H28Cl2N2O4S/c1-16-5-8-21(12-17(16)2)31-11-9-26-23(28)18-4-3-10-27(14-18)32(29,30)15-19-6-7-20(24)13-22(19)25/h5-8,12-13,18H,3-4,9-11,14-15H2,1-2H3,(H,26,28)/t18-/m0/s1. The van der Waals surface area contributed by atoms with E-state index in [4.69, 9.17) is 27.9 Å². The Kier molecular flexibility index (Phi) is 8.44. The Bertz CT molecular complexity index is 1080. The van der Waals surface area contributed by atoms with Crippen LogP contribution in [0.3, 0.4) is 0 Å². The molecule has 3 rings (SSSR count). The minimum absolute atomic E-state index is 0.155. The number of sulfonamides is 1. The molecular formula is C23H28Cl2N2O4S. The molecule has 1 fully saturated rings. The fourth-order valence-corrected chi connectivity index (χ4v) is 5.82. The van der Waals surface area contributed by atoms with E-state index in [0.717, 1.165) is 11.3 Å². The summed E-state index contributed by atoms with van der Waals surface area (Å²) in [6.07, 6.45) is 1.28. The number of piperidine rings is 1. The molecule has 0 aromatic heterocycles. The summed E-state index contributed by atoms with van der Waals surface area (Å²) in [6, 6.07) is 10.6. The normalized spacial score (nSPS) is 17.2. The third-order valence-corrected chi connectivity index (χ3v) is 8.03. The molecule has 1 N–H and O–H groups in total. The van der Waals surface area contributed by atoms with Crippen LogP contribution >= 0.6 is 23.2 Å². The minimum Gasteiger partial charge on any atom is -0.492 e. The number of hydrogen-bond acceptors (Lipinski definition) is 4. The van der Waals surface area contributed by atoms with E-state index < -0.39 is 10.0 Å². The van der Waals surface area contributed by atoms with Gasteiger partial charge in [-0.1, -0.05) is 35.3 Å². The molecule has 0 spiro atoms. The first-order chi connectivity index (χ1) is 15.2. The van der Waals surface area contributed by atoms with Gasteiger partial charge >= 0.3 is 0 Å². The molecule has 6 nitrogen and oxygen atoms in total. The SMILES string of the molecule is Cc1ccc(OCCNC(=O)[C@H]2CCCN(S(=O)(=O)Cc3ccc(Cl)cc3Cl)C2)cc1C. The van der Waals surface area contributed by atoms with E-state index in [1.807, 2.05) is 32.0 Å². The number of carbonyl (C=O) groups is 1. The maximum atomic E-state index is 12.9. The van der Waals surface area contributed by atoms with Gasteiger partial charge in [-0.05, 0) is 67.6 Å². The largest absolute Gasteiger partial charge is 0.492 e. The third-order valence-electron chi connectivity index (χ3n) is 5.65. The number of hydrogen-bond donors (Lipinski definition) is 1. The molecule has 32 heavy (non-hydrogen) atoms. The Morgan fingerprint density at radius 1 is 1.16 bits per heavy atom. The summed E-state index contributed by atoms with van der Waals surface area (Å²) in [5.74, 6) is -0.00156. The molecular weight excluding hydrogens is 471 g/mol. The predicted octanol–water partition coefficient (Wildman–Crippen LogP) is 4.35. The second-order valence-electron chi connectivity index (χ2n) is 8.07. The van der Waals surface area contributed by atoms with Crippen molar-refractivity contribution in [2.75, 3.05) is 26.2 Å². The zero-order chi connectivity index (χ0) is 23.3. The van der Waals surface area contributed by atoms with Crippen LogP contribution in [0.4, 0.5) is 0 Å². The average Bonchev–Trinajstić information content (AvgIpc) is 2.75. The monoisotopic (exact) mass is 498 g/mol. The van der Waals surface area contributed by atoms with Gasteiger partial charge < -0.3 is 10.1 Å². The van der Waals surface area contributed by atoms with Crippen LogP contribution in [0.25, 0.3) is 0 Å². The number of amides is 1. The molecule has 0 bridgehead atoms. The van der Waals surface area contributed by atoms with Crippen LogP contribution in [-0.4, -0.2) is 44.9 Å². The van der Waals surface area contributed by atoms with Crippen molar-refractivity contribution in [2.24, 2.45) is 5.92 Å². The predicted molar refractivity (Wildman–Crippen MR) is 128 cm³/mol. The van der Waals surface area contributed by atoms with E-state index in [2.05, 4.69) is 5.32 Å². The quantitative estimate of drug-likeness (QED) is 0.549. The Balaban J connectivity index is 1.50. The second-order valence-corrected chi connectivity index (χ2v) is 10.9. The van der Waals surface area contributed by atoms with Crippen molar-refractivity contribution in [3.8, 4) is 5.75 Å². The first-order valence-electron chi connectivity index (χ1n) is 10.6. The van der Waals surface area contributed by atoms with Gasteiger partial charge in [-0.2, -0.15) is 0 Å². The molecule has 174 valence electrons. The Hall–Kier alpha value is -1.80. The molecule has 1 amide bonds. The first kappa shape index (κ1) is 24.8. The summed E-state index contributed by atoms with van der Waals surface area (Å²) in [5.41, 5.74) is 2.84. The van der Waals surface area contributed by atoms with Crippen molar-refractivity contribution in [3.05, 3.63) is 63.1 Å². The van der Waals surface area contributed by atoms with E-state index in [9.17, 15) is 13.2 Å². The lowest BCUT2D eigenvalue weighted by molar-refractivity contribution is -0.126. The van der Waals surface area contributed by atoms with Crippen LogP contribution in [0, 0.1) is 19.8 Å². The van der Waals surface area contributed by atoms with Crippen molar-refractivity contribution in [1.82, 2.24) is 9.62 Å². The minimum atomic E-state index is -3.61. The lowest BCUT2D eigenvalue weighted by Gasteiger charge is -2.31. The zero-order valence-corrected chi connectivity index (χ0v) is 20.6. The highest BCUT2D eigenvalue weighted by Gasteiger charge is 2.32. The molecule has 0 saturated carbocycles. The Morgan fingerprint density at radius 3 is 2.66 bits per heavy atom. The van der Waals surface area contributed by atoms with Gasteiger partial charge in [0.05, 0.1) is 18.2 Å². The van der Waals surface area contributed by atoms with Crippen molar-refractivity contribution >= 4 is 39.1 Å². The van der Waals surface area contributed by atoms with E-state index in [1.54, 1.807) is 12.1 Å². The number of rotatable bonds is 8. The van der Waals surface area contributed by atoms with Crippen LogP contribution in [0.1, 0.15) is 29.5 Å². The number of ether oxygens (including phenoxy) is 1. The summed E-state index contributed by atoms with van der Waals surface area (Å²) < 4.78 is 32.9. The summed E-state index contributed by atoms with van der Waals surface area (Å²) >= 11 is 12.0. The van der Waals surface area contributed by atoms with Crippen LogP contribution in [0.5, 0.6) is 5.75 Å². The van der Waals surface area contributed by atoms with Gasteiger partial charge in [-0.15, -0.1) is 0 Å². The lowest BCUT2D eigenvalue weighted by Crippen LogP contribution is -2.46. The summed E-state index contributed by atoms with van der Waals surface area (Å²) in [6.45, 7) is 5.32. The molecule has 1 atom stereocenters. The molecule has 0 aliphatic carbocycles. The molecule has 1 aliphatic heterocycles. The third kappa shape index (κ3) is 6.61. The molecule has 0 unspecified atom stereocenters. The molecule has 1 heterocycles. The highest BCUT2D eigenvalue weighted by molar-refractivity contribution is 7.88. The highest BCUT2D eigenvalue weighted by atomic mass is 35.5. The van der Waals surface area contributed by atoms with Gasteiger partial charge in [0, 0.05) is 23.1 Å². The molecule has 2 aromatic carbocycles. The van der Waals surface area contributed by atoms with Gasteiger partial charge in [0.25, 0.3) is 0 Å². The smallest absolute Gasteiger partial charge is 0.224 e. The van der Waals surface area contributed by atoms with Crippen molar-refractivity contribution in [2.45, 2.75) is 32.4 Å². The topological polar surface area (TPSA) is 75.7 Å².